The number of aliphatic hydroxyl groups is 1. The zero-order valence-electron chi connectivity index (χ0n) is 10.9. The van der Waals surface area contributed by atoms with Crippen molar-refractivity contribution in [1.82, 2.24) is 15.1 Å². The van der Waals surface area contributed by atoms with Crippen molar-refractivity contribution in [3.05, 3.63) is 17.5 Å². The highest BCUT2D eigenvalue weighted by atomic mass is 32.2. The Labute approximate surface area is 108 Å². The summed E-state index contributed by atoms with van der Waals surface area (Å²) in [5.74, 6) is 2.13. The van der Waals surface area contributed by atoms with Gasteiger partial charge in [0.1, 0.15) is 0 Å². The van der Waals surface area contributed by atoms with E-state index in [9.17, 15) is 0 Å². The molecule has 1 atom stereocenters. The minimum atomic E-state index is 0.297. The summed E-state index contributed by atoms with van der Waals surface area (Å²) in [7, 11) is 1.97. The van der Waals surface area contributed by atoms with Crippen LogP contribution in [0.1, 0.15) is 30.6 Å². The molecule has 1 aromatic heterocycles. The van der Waals surface area contributed by atoms with E-state index in [1.807, 2.05) is 29.7 Å². The Hall–Kier alpha value is -0.520. The van der Waals surface area contributed by atoms with Crippen LogP contribution in [0.3, 0.4) is 0 Å². The topological polar surface area (TPSA) is 50.1 Å². The number of aryl methyl sites for hydroxylation is 1. The summed E-state index contributed by atoms with van der Waals surface area (Å²) in [5.41, 5.74) is 2.49. The molecule has 0 amide bonds. The normalized spacial score (nSPS) is 12.9. The van der Waals surface area contributed by atoms with Gasteiger partial charge in [0, 0.05) is 43.3 Å². The van der Waals surface area contributed by atoms with Gasteiger partial charge in [0.15, 0.2) is 0 Å². The van der Waals surface area contributed by atoms with E-state index in [2.05, 4.69) is 24.3 Å². The third kappa shape index (κ3) is 4.69. The maximum absolute atomic E-state index is 8.65. The van der Waals surface area contributed by atoms with Crippen LogP contribution in [-0.4, -0.2) is 39.5 Å². The van der Waals surface area contributed by atoms with Gasteiger partial charge in [-0.1, -0.05) is 0 Å². The Morgan fingerprint density at radius 1 is 1.53 bits per heavy atom. The van der Waals surface area contributed by atoms with Gasteiger partial charge in [-0.3, -0.25) is 4.68 Å². The van der Waals surface area contributed by atoms with Crippen LogP contribution in [0, 0.1) is 6.92 Å². The van der Waals surface area contributed by atoms with Gasteiger partial charge < -0.3 is 10.4 Å². The summed E-state index contributed by atoms with van der Waals surface area (Å²) >= 11 is 1.88. The number of thioether (sulfide) groups is 1. The molecular formula is C12H23N3OS. The second-order valence-corrected chi connectivity index (χ2v) is 5.40. The lowest BCUT2D eigenvalue weighted by atomic mass is 10.1. The molecular weight excluding hydrogens is 234 g/mol. The number of rotatable bonds is 8. The summed E-state index contributed by atoms with van der Waals surface area (Å²) in [6.45, 7) is 5.55. The average molecular weight is 257 g/mol. The molecule has 1 heterocycles. The molecule has 98 valence electrons. The van der Waals surface area contributed by atoms with Crippen molar-refractivity contribution in [2.45, 2.75) is 26.3 Å². The third-order valence-electron chi connectivity index (χ3n) is 2.88. The molecule has 1 aromatic rings. The van der Waals surface area contributed by atoms with Crippen LogP contribution >= 0.6 is 11.8 Å². The van der Waals surface area contributed by atoms with Crippen molar-refractivity contribution in [3.63, 3.8) is 0 Å². The zero-order chi connectivity index (χ0) is 12.7. The van der Waals surface area contributed by atoms with E-state index < -0.39 is 0 Å². The summed E-state index contributed by atoms with van der Waals surface area (Å²) in [5, 5.41) is 16.4. The largest absolute Gasteiger partial charge is 0.396 e. The maximum atomic E-state index is 8.65. The van der Waals surface area contributed by atoms with Crippen LogP contribution < -0.4 is 5.32 Å². The standard InChI is InChI=1S/C12H23N3OS/c1-10(12-9-14-15(3)11(12)2)13-5-8-17-7-4-6-16/h9-10,13,16H,4-8H2,1-3H3. The molecule has 0 aliphatic heterocycles. The van der Waals surface area contributed by atoms with Gasteiger partial charge in [0.05, 0.1) is 6.20 Å². The highest BCUT2D eigenvalue weighted by Crippen LogP contribution is 2.15. The zero-order valence-corrected chi connectivity index (χ0v) is 11.8. The lowest BCUT2D eigenvalue weighted by Crippen LogP contribution is -2.21. The van der Waals surface area contributed by atoms with E-state index in [-0.39, 0.29) is 0 Å². The average Bonchev–Trinajstić information content (AvgIpc) is 2.64. The lowest BCUT2D eigenvalue weighted by molar-refractivity contribution is 0.296. The Bertz CT molecular complexity index is 328. The van der Waals surface area contributed by atoms with Gasteiger partial charge in [-0.2, -0.15) is 16.9 Å². The summed E-state index contributed by atoms with van der Waals surface area (Å²) in [6.07, 6.45) is 2.83. The first kappa shape index (κ1) is 14.5. The molecule has 0 saturated carbocycles. The van der Waals surface area contributed by atoms with Gasteiger partial charge in [0.25, 0.3) is 0 Å². The van der Waals surface area contributed by atoms with E-state index in [0.717, 1.165) is 24.5 Å². The van der Waals surface area contributed by atoms with Crippen molar-refractivity contribution >= 4 is 11.8 Å². The monoisotopic (exact) mass is 257 g/mol. The first-order chi connectivity index (χ1) is 8.16. The highest BCUT2D eigenvalue weighted by Gasteiger charge is 2.10. The van der Waals surface area contributed by atoms with E-state index in [0.29, 0.717) is 12.6 Å². The fraction of sp³-hybridized carbons (Fsp3) is 0.750. The quantitative estimate of drug-likeness (QED) is 0.693. The Balaban J connectivity index is 2.21. The molecule has 17 heavy (non-hydrogen) atoms. The molecule has 0 aliphatic carbocycles. The predicted octanol–water partition coefficient (Wildman–Crippen LogP) is 1.49. The van der Waals surface area contributed by atoms with E-state index in [1.54, 1.807) is 0 Å². The molecule has 0 aromatic carbocycles. The van der Waals surface area contributed by atoms with Gasteiger partial charge in [-0.05, 0) is 26.0 Å². The number of hydrogen-bond acceptors (Lipinski definition) is 4. The van der Waals surface area contributed by atoms with E-state index >= 15 is 0 Å². The van der Waals surface area contributed by atoms with Crippen molar-refractivity contribution in [3.8, 4) is 0 Å². The smallest absolute Gasteiger partial charge is 0.0540 e. The van der Waals surface area contributed by atoms with Gasteiger partial charge in [0.2, 0.25) is 0 Å². The van der Waals surface area contributed by atoms with Crippen molar-refractivity contribution in [2.24, 2.45) is 7.05 Å². The molecule has 0 radical (unpaired) electrons. The fourth-order valence-electron chi connectivity index (χ4n) is 1.67. The number of nitrogens with zero attached hydrogens (tertiary/aromatic N) is 2. The summed E-state index contributed by atoms with van der Waals surface area (Å²) < 4.78 is 1.91. The number of hydrogen-bond donors (Lipinski definition) is 2. The second-order valence-electron chi connectivity index (χ2n) is 4.17. The van der Waals surface area contributed by atoms with E-state index in [4.69, 9.17) is 5.11 Å². The SMILES string of the molecule is Cc1c(C(C)NCCSCCCO)cnn1C. The molecule has 0 fully saturated rings. The minimum absolute atomic E-state index is 0.297. The van der Waals surface area contributed by atoms with Crippen molar-refractivity contribution < 1.29 is 5.11 Å². The van der Waals surface area contributed by atoms with Gasteiger partial charge >= 0.3 is 0 Å². The molecule has 0 saturated heterocycles. The Morgan fingerprint density at radius 3 is 2.88 bits per heavy atom. The Morgan fingerprint density at radius 2 is 2.29 bits per heavy atom. The van der Waals surface area contributed by atoms with Crippen LogP contribution in [0.5, 0.6) is 0 Å². The van der Waals surface area contributed by atoms with Crippen molar-refractivity contribution in [1.29, 1.82) is 0 Å². The van der Waals surface area contributed by atoms with Crippen LogP contribution in [0.4, 0.5) is 0 Å². The summed E-state index contributed by atoms with van der Waals surface area (Å²) in [4.78, 5) is 0. The molecule has 0 spiro atoms. The predicted molar refractivity (Wildman–Crippen MR) is 73.4 cm³/mol. The minimum Gasteiger partial charge on any atom is -0.396 e. The molecule has 1 unspecified atom stereocenters. The molecule has 0 aliphatic rings. The number of nitrogens with one attached hydrogen (secondary N) is 1. The number of aromatic nitrogens is 2. The molecule has 0 bridgehead atoms. The molecule has 2 N–H and O–H groups in total. The van der Waals surface area contributed by atoms with Crippen LogP contribution in [-0.2, 0) is 7.05 Å². The van der Waals surface area contributed by atoms with Crippen LogP contribution in [0.25, 0.3) is 0 Å². The first-order valence-electron chi connectivity index (χ1n) is 6.07. The molecule has 1 rings (SSSR count). The number of aliphatic hydroxyl groups excluding tert-OH is 1. The van der Waals surface area contributed by atoms with Crippen LogP contribution in [0.2, 0.25) is 0 Å². The van der Waals surface area contributed by atoms with E-state index in [1.165, 1.54) is 11.3 Å². The van der Waals surface area contributed by atoms with Gasteiger partial charge in [-0.15, -0.1) is 0 Å². The summed E-state index contributed by atoms with van der Waals surface area (Å²) in [6, 6.07) is 0.349. The lowest BCUT2D eigenvalue weighted by Gasteiger charge is -2.13. The first-order valence-corrected chi connectivity index (χ1v) is 7.22. The molecule has 5 heteroatoms. The third-order valence-corrected chi connectivity index (χ3v) is 3.95. The maximum Gasteiger partial charge on any atom is 0.0540 e. The molecule has 4 nitrogen and oxygen atoms in total. The fourth-order valence-corrected chi connectivity index (χ4v) is 2.47. The highest BCUT2D eigenvalue weighted by molar-refractivity contribution is 7.99. The second kappa shape index (κ2) is 7.74. The van der Waals surface area contributed by atoms with Gasteiger partial charge in [-0.25, -0.2) is 0 Å². The Kier molecular flexibility index (Phi) is 6.62. The van der Waals surface area contributed by atoms with Crippen molar-refractivity contribution in [2.75, 3.05) is 24.7 Å². The van der Waals surface area contributed by atoms with Crippen LogP contribution in [0.15, 0.2) is 6.20 Å².